The van der Waals surface area contributed by atoms with Crippen LogP contribution in [0.25, 0.3) is 0 Å². The molecule has 0 amide bonds. The highest BCUT2D eigenvalue weighted by Gasteiger charge is 2.34. The molecule has 0 aliphatic heterocycles. The minimum Gasteiger partial charge on any atom is -0.0651 e. The summed E-state index contributed by atoms with van der Waals surface area (Å²) in [5.74, 6) is 3.46. The third-order valence-electron chi connectivity index (χ3n) is 6.09. The molecule has 0 heteroatoms. The maximum absolute atomic E-state index is 2.51. The van der Waals surface area contributed by atoms with E-state index in [-0.39, 0.29) is 0 Å². The van der Waals surface area contributed by atoms with Crippen molar-refractivity contribution in [1.29, 1.82) is 0 Å². The number of hydrogen-bond donors (Lipinski definition) is 0. The monoisotopic (exact) mass is 254 g/mol. The van der Waals surface area contributed by atoms with Crippen LogP contribution < -0.4 is 0 Å². The van der Waals surface area contributed by atoms with Gasteiger partial charge >= 0.3 is 0 Å². The molecule has 110 valence electrons. The summed E-state index contributed by atoms with van der Waals surface area (Å²) in [5.41, 5.74) is 0.532. The number of hydrogen-bond acceptors (Lipinski definition) is 0. The third-order valence-corrected chi connectivity index (χ3v) is 6.09. The fraction of sp³-hybridized carbons (Fsp3) is 1.00. The lowest BCUT2D eigenvalue weighted by atomic mass is 9.64. The first kappa shape index (κ1) is 18.0. The molecule has 0 heterocycles. The molecule has 0 radical (unpaired) electrons. The Kier molecular flexibility index (Phi) is 8.23. The Morgan fingerprint density at radius 3 is 1.67 bits per heavy atom. The highest BCUT2D eigenvalue weighted by atomic mass is 14.4. The lowest BCUT2D eigenvalue weighted by Gasteiger charge is -2.41. The average molecular weight is 255 g/mol. The van der Waals surface area contributed by atoms with Gasteiger partial charge in [-0.15, -0.1) is 0 Å². The van der Waals surface area contributed by atoms with Gasteiger partial charge in [0, 0.05) is 0 Å². The van der Waals surface area contributed by atoms with Crippen LogP contribution in [0.15, 0.2) is 0 Å². The van der Waals surface area contributed by atoms with Crippen LogP contribution in [-0.4, -0.2) is 0 Å². The minimum atomic E-state index is 0.532. The molecule has 0 spiro atoms. The van der Waals surface area contributed by atoms with Crippen LogP contribution in [0.5, 0.6) is 0 Å². The van der Waals surface area contributed by atoms with E-state index in [1.807, 2.05) is 0 Å². The highest BCUT2D eigenvalue weighted by Crippen LogP contribution is 2.43. The van der Waals surface area contributed by atoms with Crippen LogP contribution in [0.1, 0.15) is 87.5 Å². The molecule has 0 aromatic heterocycles. The van der Waals surface area contributed by atoms with Crippen molar-refractivity contribution in [1.82, 2.24) is 0 Å². The van der Waals surface area contributed by atoms with E-state index in [0.29, 0.717) is 5.41 Å². The maximum Gasteiger partial charge on any atom is -0.0277 e. The predicted molar refractivity (Wildman–Crippen MR) is 84.9 cm³/mol. The van der Waals surface area contributed by atoms with E-state index in [2.05, 4.69) is 55.4 Å². The molecule has 0 aliphatic rings. The Balaban J connectivity index is 4.51. The normalized spacial score (nSPS) is 20.5. The van der Waals surface area contributed by atoms with E-state index in [1.165, 1.54) is 32.1 Å². The van der Waals surface area contributed by atoms with Crippen molar-refractivity contribution in [2.45, 2.75) is 87.5 Å². The average Bonchev–Trinajstić information content (AvgIpc) is 2.37. The molecular formula is C18H38. The molecule has 0 aliphatic carbocycles. The van der Waals surface area contributed by atoms with Crippen molar-refractivity contribution in [3.05, 3.63) is 0 Å². The van der Waals surface area contributed by atoms with E-state index in [9.17, 15) is 0 Å². The Morgan fingerprint density at radius 1 is 0.778 bits per heavy atom. The second-order valence-corrected chi connectivity index (χ2v) is 7.06. The van der Waals surface area contributed by atoms with Gasteiger partial charge in [0.2, 0.25) is 0 Å². The van der Waals surface area contributed by atoms with Crippen molar-refractivity contribution in [3.8, 4) is 0 Å². The summed E-state index contributed by atoms with van der Waals surface area (Å²) in [5, 5.41) is 0. The second kappa shape index (κ2) is 8.23. The smallest absolute Gasteiger partial charge is 0.0277 e. The van der Waals surface area contributed by atoms with E-state index in [4.69, 9.17) is 0 Å². The zero-order chi connectivity index (χ0) is 14.3. The second-order valence-electron chi connectivity index (χ2n) is 7.06. The molecule has 0 rings (SSSR count). The van der Waals surface area contributed by atoms with Gasteiger partial charge < -0.3 is 0 Å². The molecule has 4 unspecified atom stereocenters. The van der Waals surface area contributed by atoms with Crippen LogP contribution in [0, 0.1) is 29.1 Å². The Labute approximate surface area is 117 Å². The fourth-order valence-corrected chi connectivity index (χ4v) is 3.32. The predicted octanol–water partition coefficient (Wildman–Crippen LogP) is 6.55. The highest BCUT2D eigenvalue weighted by molar-refractivity contribution is 4.84. The SMILES string of the molecule is CCC(C)C(C)CCC(CC)C(C)(CC)C(C)C. The quantitative estimate of drug-likeness (QED) is 0.438. The molecule has 0 bridgehead atoms. The fourth-order valence-electron chi connectivity index (χ4n) is 3.32. The first-order chi connectivity index (χ1) is 8.33. The van der Waals surface area contributed by atoms with Gasteiger partial charge in [0.15, 0.2) is 0 Å². The first-order valence-electron chi connectivity index (χ1n) is 8.33. The first-order valence-corrected chi connectivity index (χ1v) is 8.33. The summed E-state index contributed by atoms with van der Waals surface area (Å²) in [4.78, 5) is 0. The van der Waals surface area contributed by atoms with Gasteiger partial charge in [-0.2, -0.15) is 0 Å². The molecule has 0 nitrogen and oxygen atoms in total. The van der Waals surface area contributed by atoms with Crippen LogP contribution >= 0.6 is 0 Å². The zero-order valence-electron chi connectivity index (χ0n) is 14.3. The Bertz CT molecular complexity index is 206. The van der Waals surface area contributed by atoms with Crippen molar-refractivity contribution in [2.75, 3.05) is 0 Å². The van der Waals surface area contributed by atoms with Crippen molar-refractivity contribution < 1.29 is 0 Å². The van der Waals surface area contributed by atoms with Gasteiger partial charge in [-0.05, 0) is 35.5 Å². The zero-order valence-corrected chi connectivity index (χ0v) is 14.3. The molecule has 0 fully saturated rings. The van der Waals surface area contributed by atoms with Crippen LogP contribution in [0.2, 0.25) is 0 Å². The summed E-state index contributed by atoms with van der Waals surface area (Å²) in [6, 6.07) is 0. The Morgan fingerprint density at radius 2 is 1.33 bits per heavy atom. The van der Waals surface area contributed by atoms with Gasteiger partial charge in [-0.3, -0.25) is 0 Å². The van der Waals surface area contributed by atoms with Gasteiger partial charge in [-0.1, -0.05) is 81.1 Å². The van der Waals surface area contributed by atoms with Gasteiger partial charge in [-0.25, -0.2) is 0 Å². The summed E-state index contributed by atoms with van der Waals surface area (Å²) >= 11 is 0. The van der Waals surface area contributed by atoms with Crippen molar-refractivity contribution >= 4 is 0 Å². The minimum absolute atomic E-state index is 0.532. The molecule has 0 aromatic rings. The van der Waals surface area contributed by atoms with E-state index in [1.54, 1.807) is 0 Å². The van der Waals surface area contributed by atoms with Gasteiger partial charge in [0.25, 0.3) is 0 Å². The van der Waals surface area contributed by atoms with E-state index >= 15 is 0 Å². The summed E-state index contributed by atoms with van der Waals surface area (Å²) in [6.07, 6.45) is 6.82. The Hall–Kier alpha value is 0. The lowest BCUT2D eigenvalue weighted by molar-refractivity contribution is 0.0878. The lowest BCUT2D eigenvalue weighted by Crippen LogP contribution is -2.32. The van der Waals surface area contributed by atoms with E-state index in [0.717, 1.165) is 23.7 Å². The molecule has 18 heavy (non-hydrogen) atoms. The van der Waals surface area contributed by atoms with Gasteiger partial charge in [0.1, 0.15) is 0 Å². The molecule has 0 N–H and O–H groups in total. The summed E-state index contributed by atoms with van der Waals surface area (Å²) in [7, 11) is 0. The van der Waals surface area contributed by atoms with E-state index < -0.39 is 0 Å². The summed E-state index contributed by atoms with van der Waals surface area (Å²) in [6.45, 7) is 19.3. The van der Waals surface area contributed by atoms with Crippen molar-refractivity contribution in [2.24, 2.45) is 29.1 Å². The molecule has 4 atom stereocenters. The van der Waals surface area contributed by atoms with Crippen LogP contribution in [0.4, 0.5) is 0 Å². The molecule has 0 saturated heterocycles. The van der Waals surface area contributed by atoms with Crippen molar-refractivity contribution in [3.63, 3.8) is 0 Å². The topological polar surface area (TPSA) is 0 Å². The van der Waals surface area contributed by atoms with Crippen LogP contribution in [0.3, 0.4) is 0 Å². The largest absolute Gasteiger partial charge is 0.0651 e. The molecule has 0 saturated carbocycles. The van der Waals surface area contributed by atoms with Gasteiger partial charge in [0.05, 0.1) is 0 Å². The third kappa shape index (κ3) is 4.59. The maximum atomic E-state index is 2.51. The summed E-state index contributed by atoms with van der Waals surface area (Å²) < 4.78 is 0. The number of rotatable bonds is 9. The standard InChI is InChI=1S/C18H38/c1-9-15(6)16(7)12-13-17(10-2)18(8,11-3)14(4)5/h14-17H,9-13H2,1-8H3. The molecule has 0 aromatic carbocycles. The van der Waals surface area contributed by atoms with Crippen LogP contribution in [-0.2, 0) is 0 Å². The molecular weight excluding hydrogens is 216 g/mol.